The highest BCUT2D eigenvalue weighted by molar-refractivity contribution is 5.81. The van der Waals surface area contributed by atoms with Crippen molar-refractivity contribution in [3.05, 3.63) is 0 Å². The summed E-state index contributed by atoms with van der Waals surface area (Å²) in [4.78, 5) is 11.8. The van der Waals surface area contributed by atoms with E-state index in [4.69, 9.17) is 0 Å². The number of ketones is 1. The molecular formula is C13H21NO. The second-order valence-electron chi connectivity index (χ2n) is 6.06. The van der Waals surface area contributed by atoms with Crippen LogP contribution in [0.3, 0.4) is 0 Å². The van der Waals surface area contributed by atoms with E-state index in [0.717, 1.165) is 31.2 Å². The molecule has 1 heterocycles. The fourth-order valence-electron chi connectivity index (χ4n) is 4.57. The molecule has 2 heteroatoms. The molecular weight excluding hydrogens is 186 g/mol. The van der Waals surface area contributed by atoms with Crippen LogP contribution in [0.15, 0.2) is 0 Å². The zero-order valence-corrected chi connectivity index (χ0v) is 9.59. The Bertz CT molecular complexity index is 288. The smallest absolute Gasteiger partial charge is 0.135 e. The molecule has 15 heavy (non-hydrogen) atoms. The Morgan fingerprint density at radius 1 is 1.47 bits per heavy atom. The first-order valence-corrected chi connectivity index (χ1v) is 6.46. The molecule has 1 N–H and O–H groups in total. The molecule has 0 radical (unpaired) electrons. The molecule has 0 aromatic rings. The molecule has 2 saturated carbocycles. The normalized spacial score (nSPS) is 49.9. The number of carbonyl (C=O) groups excluding carboxylic acids is 1. The lowest BCUT2D eigenvalue weighted by Crippen LogP contribution is -2.63. The molecule has 4 atom stereocenters. The van der Waals surface area contributed by atoms with Crippen LogP contribution in [-0.2, 0) is 4.79 Å². The Hall–Kier alpha value is -0.370. The average molecular weight is 207 g/mol. The van der Waals surface area contributed by atoms with E-state index in [1.54, 1.807) is 0 Å². The molecule has 2 aliphatic carbocycles. The zero-order chi connectivity index (χ0) is 10.5. The van der Waals surface area contributed by atoms with Crippen molar-refractivity contribution >= 4 is 5.78 Å². The standard InChI is InChI=1S/C13H21NO/c1-9-5-10-6-11(15)8-13(7-9)12(10)3-2-4-14-13/h9-10,12,14H,2-8H2,1H3/t9?,10?,12?,13-/m0/s1. The van der Waals surface area contributed by atoms with Crippen LogP contribution in [0.2, 0.25) is 0 Å². The highest BCUT2D eigenvalue weighted by atomic mass is 16.1. The van der Waals surface area contributed by atoms with Gasteiger partial charge in [0.15, 0.2) is 0 Å². The molecule has 0 aromatic carbocycles. The van der Waals surface area contributed by atoms with Gasteiger partial charge in [-0.25, -0.2) is 0 Å². The Morgan fingerprint density at radius 2 is 2.33 bits per heavy atom. The van der Waals surface area contributed by atoms with E-state index in [1.807, 2.05) is 0 Å². The van der Waals surface area contributed by atoms with Crippen LogP contribution in [0.4, 0.5) is 0 Å². The molecule has 84 valence electrons. The lowest BCUT2D eigenvalue weighted by molar-refractivity contribution is -0.131. The minimum absolute atomic E-state index is 0.218. The van der Waals surface area contributed by atoms with Gasteiger partial charge in [-0.1, -0.05) is 6.92 Å². The van der Waals surface area contributed by atoms with Crippen molar-refractivity contribution in [2.24, 2.45) is 17.8 Å². The first-order valence-electron chi connectivity index (χ1n) is 6.46. The second kappa shape index (κ2) is 3.31. The summed E-state index contributed by atoms with van der Waals surface area (Å²) in [6.45, 7) is 3.49. The largest absolute Gasteiger partial charge is 0.311 e. The van der Waals surface area contributed by atoms with E-state index in [2.05, 4.69) is 12.2 Å². The van der Waals surface area contributed by atoms with Gasteiger partial charge < -0.3 is 5.32 Å². The Morgan fingerprint density at radius 3 is 3.20 bits per heavy atom. The third kappa shape index (κ3) is 1.45. The summed E-state index contributed by atoms with van der Waals surface area (Å²) in [5.41, 5.74) is 0.218. The maximum atomic E-state index is 11.8. The minimum Gasteiger partial charge on any atom is -0.311 e. The monoisotopic (exact) mass is 207 g/mol. The van der Waals surface area contributed by atoms with Gasteiger partial charge >= 0.3 is 0 Å². The molecule has 2 bridgehead atoms. The van der Waals surface area contributed by atoms with E-state index in [0.29, 0.717) is 11.7 Å². The van der Waals surface area contributed by atoms with Gasteiger partial charge in [0.2, 0.25) is 0 Å². The SMILES string of the molecule is CC1CC2CC(=O)C[C@]3(C1)NCCCC23. The van der Waals surface area contributed by atoms with E-state index in [9.17, 15) is 4.79 Å². The Kier molecular flexibility index (Phi) is 2.17. The molecule has 0 aromatic heterocycles. The second-order valence-corrected chi connectivity index (χ2v) is 6.06. The van der Waals surface area contributed by atoms with Crippen molar-refractivity contribution in [3.8, 4) is 0 Å². The highest BCUT2D eigenvalue weighted by Crippen LogP contribution is 2.51. The van der Waals surface area contributed by atoms with Gasteiger partial charge in [0.05, 0.1) is 0 Å². The maximum absolute atomic E-state index is 11.8. The van der Waals surface area contributed by atoms with E-state index in [1.165, 1.54) is 25.7 Å². The van der Waals surface area contributed by atoms with Crippen LogP contribution >= 0.6 is 0 Å². The molecule has 1 saturated heterocycles. The number of hydrogen-bond acceptors (Lipinski definition) is 2. The van der Waals surface area contributed by atoms with Crippen LogP contribution in [0.25, 0.3) is 0 Å². The zero-order valence-electron chi connectivity index (χ0n) is 9.59. The van der Waals surface area contributed by atoms with Gasteiger partial charge in [0.25, 0.3) is 0 Å². The summed E-state index contributed by atoms with van der Waals surface area (Å²) < 4.78 is 0. The summed E-state index contributed by atoms with van der Waals surface area (Å²) >= 11 is 0. The summed E-state index contributed by atoms with van der Waals surface area (Å²) in [5.74, 6) is 2.82. The van der Waals surface area contributed by atoms with Gasteiger partial charge in [-0.15, -0.1) is 0 Å². The fraction of sp³-hybridized carbons (Fsp3) is 0.923. The molecule has 3 aliphatic rings. The third-order valence-corrected chi connectivity index (χ3v) is 4.87. The van der Waals surface area contributed by atoms with Crippen LogP contribution in [0.1, 0.15) is 45.4 Å². The van der Waals surface area contributed by atoms with Crippen molar-refractivity contribution in [1.82, 2.24) is 5.32 Å². The summed E-state index contributed by atoms with van der Waals surface area (Å²) in [5, 5.41) is 3.71. The number of nitrogens with one attached hydrogen (secondary N) is 1. The molecule has 3 unspecified atom stereocenters. The third-order valence-electron chi connectivity index (χ3n) is 4.87. The van der Waals surface area contributed by atoms with E-state index < -0.39 is 0 Å². The number of rotatable bonds is 0. The number of carbonyl (C=O) groups is 1. The first kappa shape index (κ1) is 9.83. The number of Topliss-reactive ketones (excluding diaryl/α,β-unsaturated/α-hetero) is 1. The van der Waals surface area contributed by atoms with Crippen LogP contribution < -0.4 is 5.32 Å². The maximum Gasteiger partial charge on any atom is 0.135 e. The van der Waals surface area contributed by atoms with Crippen LogP contribution in [0, 0.1) is 17.8 Å². The molecule has 0 spiro atoms. The Balaban J connectivity index is 1.94. The van der Waals surface area contributed by atoms with Crippen molar-refractivity contribution in [3.63, 3.8) is 0 Å². The predicted molar refractivity (Wildman–Crippen MR) is 59.6 cm³/mol. The number of piperidine rings is 1. The first-order chi connectivity index (χ1) is 7.20. The summed E-state index contributed by atoms with van der Waals surface area (Å²) in [7, 11) is 0. The van der Waals surface area contributed by atoms with Crippen molar-refractivity contribution in [2.75, 3.05) is 6.54 Å². The van der Waals surface area contributed by atoms with Gasteiger partial charge in [0.1, 0.15) is 5.78 Å². The molecule has 1 aliphatic heterocycles. The molecule has 0 amide bonds. The van der Waals surface area contributed by atoms with Crippen molar-refractivity contribution < 1.29 is 4.79 Å². The lowest BCUT2D eigenvalue weighted by atomic mass is 9.55. The number of hydrogen-bond donors (Lipinski definition) is 1. The lowest BCUT2D eigenvalue weighted by Gasteiger charge is -2.56. The minimum atomic E-state index is 0.218. The quantitative estimate of drug-likeness (QED) is 0.659. The van der Waals surface area contributed by atoms with E-state index >= 15 is 0 Å². The Labute approximate surface area is 91.8 Å². The molecule has 3 rings (SSSR count). The molecule has 2 nitrogen and oxygen atoms in total. The summed E-state index contributed by atoms with van der Waals surface area (Å²) in [6.07, 6.45) is 6.89. The molecule has 3 fully saturated rings. The van der Waals surface area contributed by atoms with Crippen molar-refractivity contribution in [2.45, 2.75) is 51.0 Å². The van der Waals surface area contributed by atoms with E-state index in [-0.39, 0.29) is 5.54 Å². The average Bonchev–Trinajstić information content (AvgIpc) is 2.14. The predicted octanol–water partition coefficient (Wildman–Crippen LogP) is 2.13. The van der Waals surface area contributed by atoms with Gasteiger partial charge in [-0.2, -0.15) is 0 Å². The van der Waals surface area contributed by atoms with Crippen LogP contribution in [-0.4, -0.2) is 17.9 Å². The summed E-state index contributed by atoms with van der Waals surface area (Å²) in [6, 6.07) is 0. The van der Waals surface area contributed by atoms with Crippen molar-refractivity contribution in [1.29, 1.82) is 0 Å². The topological polar surface area (TPSA) is 29.1 Å². The fourth-order valence-corrected chi connectivity index (χ4v) is 4.57. The van der Waals surface area contributed by atoms with Gasteiger partial charge in [-0.3, -0.25) is 4.79 Å². The van der Waals surface area contributed by atoms with Crippen LogP contribution in [0.5, 0.6) is 0 Å². The highest BCUT2D eigenvalue weighted by Gasteiger charge is 2.52. The van der Waals surface area contributed by atoms with Gasteiger partial charge in [-0.05, 0) is 50.0 Å². The van der Waals surface area contributed by atoms with Gasteiger partial charge in [0, 0.05) is 18.4 Å².